The third-order valence-corrected chi connectivity index (χ3v) is 3.79. The van der Waals surface area contributed by atoms with Gasteiger partial charge in [0.1, 0.15) is 0 Å². The molecule has 3 heteroatoms. The Morgan fingerprint density at radius 2 is 1.80 bits per heavy atom. The van der Waals surface area contributed by atoms with Crippen molar-refractivity contribution in [3.05, 3.63) is 0 Å². The van der Waals surface area contributed by atoms with Crippen LogP contribution in [-0.2, 0) is 0 Å². The topological polar surface area (TPSA) is 35.5 Å². The summed E-state index contributed by atoms with van der Waals surface area (Å²) in [5.74, 6) is 0. The Balaban J connectivity index is 2.41. The molecule has 0 saturated carbocycles. The number of likely N-dealkylation sites (N-methyl/N-ethyl adjacent to an activating group) is 1. The summed E-state index contributed by atoms with van der Waals surface area (Å²) < 4.78 is 0. The molecule has 0 aromatic rings. The lowest BCUT2D eigenvalue weighted by Crippen LogP contribution is -2.48. The predicted octanol–water partition coefficient (Wildman–Crippen LogP) is 1.22. The summed E-state index contributed by atoms with van der Waals surface area (Å²) in [4.78, 5) is 2.34. The molecule has 1 aliphatic rings. The fourth-order valence-corrected chi connectivity index (χ4v) is 2.31. The van der Waals surface area contributed by atoms with Crippen molar-refractivity contribution in [3.8, 4) is 0 Å². The second-order valence-corrected chi connectivity index (χ2v) is 4.83. The molecule has 1 aliphatic heterocycles. The van der Waals surface area contributed by atoms with Crippen LogP contribution >= 0.6 is 0 Å². The fourth-order valence-electron chi connectivity index (χ4n) is 2.31. The van der Waals surface area contributed by atoms with Crippen LogP contribution < -0.4 is 5.32 Å². The van der Waals surface area contributed by atoms with Crippen molar-refractivity contribution < 1.29 is 5.11 Å². The van der Waals surface area contributed by atoms with Gasteiger partial charge in [-0.25, -0.2) is 0 Å². The monoisotopic (exact) mass is 214 g/mol. The summed E-state index contributed by atoms with van der Waals surface area (Å²) in [5, 5.41) is 13.6. The third kappa shape index (κ3) is 3.74. The highest BCUT2D eigenvalue weighted by Gasteiger charge is 2.27. The maximum absolute atomic E-state index is 10.3. The first-order chi connectivity index (χ1) is 7.11. The first-order valence-electron chi connectivity index (χ1n) is 6.24. The summed E-state index contributed by atoms with van der Waals surface area (Å²) in [6.45, 7) is 7.18. The van der Waals surface area contributed by atoms with Gasteiger partial charge in [0.15, 0.2) is 0 Å². The second kappa shape index (κ2) is 5.83. The van der Waals surface area contributed by atoms with E-state index in [-0.39, 0.29) is 0 Å². The van der Waals surface area contributed by atoms with Gasteiger partial charge in [-0.2, -0.15) is 0 Å². The van der Waals surface area contributed by atoms with Crippen LogP contribution in [0.2, 0.25) is 0 Å². The molecule has 1 fully saturated rings. The van der Waals surface area contributed by atoms with Gasteiger partial charge in [-0.3, -0.25) is 0 Å². The van der Waals surface area contributed by atoms with Gasteiger partial charge in [0.25, 0.3) is 0 Å². The van der Waals surface area contributed by atoms with Crippen LogP contribution in [0.15, 0.2) is 0 Å². The van der Waals surface area contributed by atoms with Gasteiger partial charge >= 0.3 is 0 Å². The Morgan fingerprint density at radius 1 is 1.27 bits per heavy atom. The van der Waals surface area contributed by atoms with Gasteiger partial charge in [0.05, 0.1) is 5.60 Å². The lowest BCUT2D eigenvalue weighted by Gasteiger charge is -2.37. The summed E-state index contributed by atoms with van der Waals surface area (Å²) in [7, 11) is 2.15. The normalized spacial score (nSPS) is 19.8. The largest absolute Gasteiger partial charge is 0.389 e. The van der Waals surface area contributed by atoms with Crippen molar-refractivity contribution in [1.82, 2.24) is 10.2 Å². The molecular formula is C12H26N2O. The number of nitrogens with zero attached hydrogens (tertiary/aromatic N) is 1. The number of aliphatic hydroxyl groups is 1. The molecule has 1 saturated heterocycles. The molecule has 0 unspecified atom stereocenters. The molecule has 0 aromatic heterocycles. The Bertz CT molecular complexity index is 174. The molecule has 90 valence electrons. The molecule has 3 nitrogen and oxygen atoms in total. The highest BCUT2D eigenvalue weighted by atomic mass is 16.3. The van der Waals surface area contributed by atoms with Gasteiger partial charge in [-0.1, -0.05) is 13.8 Å². The first-order valence-corrected chi connectivity index (χ1v) is 6.24. The van der Waals surface area contributed by atoms with E-state index >= 15 is 0 Å². The number of hydrogen-bond donors (Lipinski definition) is 2. The van der Waals surface area contributed by atoms with E-state index in [9.17, 15) is 5.11 Å². The standard InChI is InChI=1S/C12H26N2O/c1-4-12(15,5-2)10-14(3)11-6-8-13-9-7-11/h11,13,15H,4-10H2,1-3H3. The smallest absolute Gasteiger partial charge is 0.0768 e. The molecule has 0 spiro atoms. The molecule has 0 aromatic carbocycles. The zero-order chi connectivity index (χ0) is 11.3. The minimum atomic E-state index is -0.486. The number of nitrogens with one attached hydrogen (secondary N) is 1. The maximum Gasteiger partial charge on any atom is 0.0768 e. The van der Waals surface area contributed by atoms with Crippen LogP contribution in [0.3, 0.4) is 0 Å². The summed E-state index contributed by atoms with van der Waals surface area (Å²) in [5.41, 5.74) is -0.486. The molecule has 1 heterocycles. The zero-order valence-electron chi connectivity index (χ0n) is 10.4. The minimum absolute atomic E-state index is 0.486. The Kier molecular flexibility index (Phi) is 5.03. The summed E-state index contributed by atoms with van der Waals surface area (Å²) >= 11 is 0. The molecule has 0 amide bonds. The molecule has 0 radical (unpaired) electrons. The summed E-state index contributed by atoms with van der Waals surface area (Å²) in [6.07, 6.45) is 4.11. The van der Waals surface area contributed by atoms with Crippen LogP contribution in [0.25, 0.3) is 0 Å². The van der Waals surface area contributed by atoms with Gasteiger partial charge in [-0.05, 0) is 45.8 Å². The Labute approximate surface area is 93.9 Å². The molecule has 1 rings (SSSR count). The third-order valence-electron chi connectivity index (χ3n) is 3.79. The lowest BCUT2D eigenvalue weighted by atomic mass is 9.95. The molecule has 2 N–H and O–H groups in total. The summed E-state index contributed by atoms with van der Waals surface area (Å²) in [6, 6.07) is 0.649. The van der Waals surface area contributed by atoms with E-state index in [4.69, 9.17) is 0 Å². The van der Waals surface area contributed by atoms with Gasteiger partial charge in [-0.15, -0.1) is 0 Å². The van der Waals surface area contributed by atoms with Crippen molar-refractivity contribution in [3.63, 3.8) is 0 Å². The minimum Gasteiger partial charge on any atom is -0.389 e. The van der Waals surface area contributed by atoms with E-state index in [2.05, 4.69) is 31.1 Å². The quantitative estimate of drug-likeness (QED) is 0.722. The number of hydrogen-bond acceptors (Lipinski definition) is 3. The SMILES string of the molecule is CCC(O)(CC)CN(C)C1CCNCC1. The molecule has 0 aliphatic carbocycles. The van der Waals surface area contributed by atoms with Gasteiger partial charge in [0, 0.05) is 12.6 Å². The van der Waals surface area contributed by atoms with Crippen LogP contribution in [-0.4, -0.2) is 48.3 Å². The molecular weight excluding hydrogens is 188 g/mol. The predicted molar refractivity (Wildman–Crippen MR) is 64.1 cm³/mol. The van der Waals surface area contributed by atoms with Crippen molar-refractivity contribution in [1.29, 1.82) is 0 Å². The van der Waals surface area contributed by atoms with Crippen molar-refractivity contribution >= 4 is 0 Å². The van der Waals surface area contributed by atoms with Crippen molar-refractivity contribution in [2.45, 2.75) is 51.2 Å². The van der Waals surface area contributed by atoms with E-state index in [0.29, 0.717) is 6.04 Å². The van der Waals surface area contributed by atoms with Crippen molar-refractivity contribution in [2.24, 2.45) is 0 Å². The average Bonchev–Trinajstić information content (AvgIpc) is 2.30. The van der Waals surface area contributed by atoms with E-state index in [1.807, 2.05) is 0 Å². The first kappa shape index (κ1) is 12.9. The average molecular weight is 214 g/mol. The van der Waals surface area contributed by atoms with Gasteiger partial charge < -0.3 is 15.3 Å². The molecule has 0 bridgehead atoms. The van der Waals surface area contributed by atoms with Gasteiger partial charge in [0.2, 0.25) is 0 Å². The second-order valence-electron chi connectivity index (χ2n) is 4.83. The van der Waals surface area contributed by atoms with E-state index < -0.39 is 5.60 Å². The number of rotatable bonds is 5. The Morgan fingerprint density at radius 3 is 2.27 bits per heavy atom. The van der Waals surface area contributed by atoms with Crippen LogP contribution in [0.1, 0.15) is 39.5 Å². The lowest BCUT2D eigenvalue weighted by molar-refractivity contribution is -0.0102. The van der Waals surface area contributed by atoms with E-state index in [0.717, 1.165) is 32.5 Å². The van der Waals surface area contributed by atoms with Crippen LogP contribution in [0.4, 0.5) is 0 Å². The highest BCUT2D eigenvalue weighted by molar-refractivity contribution is 4.83. The van der Waals surface area contributed by atoms with Crippen LogP contribution in [0, 0.1) is 0 Å². The number of piperidine rings is 1. The maximum atomic E-state index is 10.3. The van der Waals surface area contributed by atoms with E-state index in [1.165, 1.54) is 12.8 Å². The van der Waals surface area contributed by atoms with Crippen LogP contribution in [0.5, 0.6) is 0 Å². The fraction of sp³-hybridized carbons (Fsp3) is 1.00. The zero-order valence-corrected chi connectivity index (χ0v) is 10.4. The highest BCUT2D eigenvalue weighted by Crippen LogP contribution is 2.19. The molecule has 15 heavy (non-hydrogen) atoms. The van der Waals surface area contributed by atoms with E-state index in [1.54, 1.807) is 0 Å². The van der Waals surface area contributed by atoms with Crippen molar-refractivity contribution in [2.75, 3.05) is 26.7 Å². The molecule has 0 atom stereocenters. The Hall–Kier alpha value is -0.120.